The van der Waals surface area contributed by atoms with Crippen molar-refractivity contribution < 1.29 is 0 Å². The van der Waals surface area contributed by atoms with Crippen LogP contribution in [0.15, 0.2) is 54.8 Å². The maximum atomic E-state index is 2.64. The summed E-state index contributed by atoms with van der Waals surface area (Å²) >= 11 is 0. The smallest absolute Gasteiger partial charge is 0.0348 e. The molecule has 0 radical (unpaired) electrons. The molecule has 2 aliphatic carbocycles. The van der Waals surface area contributed by atoms with Crippen LogP contribution in [0, 0.1) is 23.7 Å². The van der Waals surface area contributed by atoms with Gasteiger partial charge in [-0.1, -0.05) is 48.6 Å². The maximum Gasteiger partial charge on any atom is 0.0348 e. The molecule has 1 unspecified atom stereocenters. The molecule has 1 nitrogen and oxygen atoms in total. The molecule has 0 bridgehead atoms. The zero-order valence-electron chi connectivity index (χ0n) is 24.2. The molecule has 1 heteroatoms. The SMILES string of the molecule is C/C=C/CCc1ccc(C2=CCC(C3CCC(C4CC(C)(C)N(/C=C/C)C(C)(C)C4)CC3)CC2)cc1. The van der Waals surface area contributed by atoms with E-state index in [2.05, 4.69) is 101 Å². The van der Waals surface area contributed by atoms with E-state index in [4.69, 9.17) is 0 Å². The Kier molecular flexibility index (Phi) is 8.90. The van der Waals surface area contributed by atoms with Crippen LogP contribution in [0.2, 0.25) is 0 Å². The van der Waals surface area contributed by atoms with Gasteiger partial charge in [0.25, 0.3) is 0 Å². The fourth-order valence-corrected chi connectivity index (χ4v) is 8.19. The highest BCUT2D eigenvalue weighted by Gasteiger charge is 2.46. The Balaban J connectivity index is 1.28. The number of nitrogens with zero attached hydrogens (tertiary/aromatic N) is 1. The monoisotopic (exact) mass is 487 g/mol. The Hall–Kier alpha value is -1.76. The molecule has 1 saturated carbocycles. The maximum absolute atomic E-state index is 2.64. The molecule has 2 fully saturated rings. The van der Waals surface area contributed by atoms with Crippen LogP contribution in [0.25, 0.3) is 5.57 Å². The summed E-state index contributed by atoms with van der Waals surface area (Å²) in [5, 5.41) is 0. The van der Waals surface area contributed by atoms with Crippen LogP contribution >= 0.6 is 0 Å². The van der Waals surface area contributed by atoms with Crippen molar-refractivity contribution in [3.63, 3.8) is 0 Å². The van der Waals surface area contributed by atoms with Crippen LogP contribution in [0.5, 0.6) is 0 Å². The molecular weight excluding hydrogens is 434 g/mol. The molecule has 198 valence electrons. The van der Waals surface area contributed by atoms with Gasteiger partial charge in [-0.2, -0.15) is 0 Å². The number of allylic oxidation sites excluding steroid dienone is 5. The minimum absolute atomic E-state index is 0.255. The largest absolute Gasteiger partial charge is 0.368 e. The second-order valence-corrected chi connectivity index (χ2v) is 13.4. The van der Waals surface area contributed by atoms with Crippen LogP contribution in [-0.4, -0.2) is 16.0 Å². The number of rotatable bonds is 7. The molecule has 1 aliphatic heterocycles. The third kappa shape index (κ3) is 6.38. The van der Waals surface area contributed by atoms with Crippen molar-refractivity contribution in [1.82, 2.24) is 4.90 Å². The van der Waals surface area contributed by atoms with E-state index in [1.165, 1.54) is 68.9 Å². The average Bonchev–Trinajstić information content (AvgIpc) is 2.87. The molecule has 36 heavy (non-hydrogen) atoms. The molecule has 3 aliphatic rings. The highest BCUT2D eigenvalue weighted by Crippen LogP contribution is 2.49. The molecule has 0 amide bonds. The third-order valence-electron chi connectivity index (χ3n) is 9.89. The number of likely N-dealkylation sites (tertiary alicyclic amines) is 1. The summed E-state index contributed by atoms with van der Waals surface area (Å²) in [5.41, 5.74) is 5.02. The highest BCUT2D eigenvalue weighted by molar-refractivity contribution is 5.66. The molecule has 1 aromatic rings. The Morgan fingerprint density at radius 1 is 0.778 bits per heavy atom. The second-order valence-electron chi connectivity index (χ2n) is 13.4. The summed E-state index contributed by atoms with van der Waals surface area (Å²) in [6.07, 6.45) is 26.4. The van der Waals surface area contributed by atoms with Crippen LogP contribution in [0.4, 0.5) is 0 Å². The first-order valence-corrected chi connectivity index (χ1v) is 15.1. The number of aryl methyl sites for hydroxylation is 1. The van der Waals surface area contributed by atoms with Crippen LogP contribution in [-0.2, 0) is 6.42 Å². The summed E-state index contributed by atoms with van der Waals surface area (Å²) in [4.78, 5) is 2.64. The summed E-state index contributed by atoms with van der Waals surface area (Å²) in [7, 11) is 0. The van der Waals surface area contributed by atoms with Gasteiger partial charge in [0.2, 0.25) is 0 Å². The van der Waals surface area contributed by atoms with Crippen molar-refractivity contribution in [2.45, 2.75) is 123 Å². The van der Waals surface area contributed by atoms with Crippen LogP contribution < -0.4 is 0 Å². The van der Waals surface area contributed by atoms with E-state index < -0.39 is 0 Å². The standard InChI is InChI=1S/C35H53N/c1-7-9-10-11-27-12-14-28(15-13-27)29-16-18-30(19-17-29)31-20-22-32(23-21-31)33-25-34(3,4)36(24-8-2)35(5,6)26-33/h7-9,12-16,24,30-33H,10-11,17-23,25-26H2,1-6H3/b9-7+,24-8+. The van der Waals surface area contributed by atoms with Crippen molar-refractivity contribution in [1.29, 1.82) is 0 Å². The highest BCUT2D eigenvalue weighted by atomic mass is 15.2. The second kappa shape index (κ2) is 11.7. The van der Waals surface area contributed by atoms with Crippen LogP contribution in [0.1, 0.15) is 117 Å². The molecule has 0 spiro atoms. The van der Waals surface area contributed by atoms with Gasteiger partial charge >= 0.3 is 0 Å². The lowest BCUT2D eigenvalue weighted by atomic mass is 9.63. The van der Waals surface area contributed by atoms with E-state index >= 15 is 0 Å². The lowest BCUT2D eigenvalue weighted by molar-refractivity contribution is -0.0354. The Bertz CT molecular complexity index is 902. The lowest BCUT2D eigenvalue weighted by Crippen LogP contribution is -2.58. The Labute approximate surface area is 223 Å². The number of piperidine rings is 1. The zero-order valence-corrected chi connectivity index (χ0v) is 24.2. The van der Waals surface area contributed by atoms with Gasteiger partial charge in [0.05, 0.1) is 0 Å². The van der Waals surface area contributed by atoms with Gasteiger partial charge in [-0.15, -0.1) is 0 Å². The molecule has 1 aromatic carbocycles. The normalized spacial score (nSPS) is 29.1. The van der Waals surface area contributed by atoms with Crippen molar-refractivity contribution in [3.8, 4) is 0 Å². The van der Waals surface area contributed by atoms with E-state index in [-0.39, 0.29) is 11.1 Å². The summed E-state index contributed by atoms with van der Waals surface area (Å²) in [5.74, 6) is 3.70. The average molecular weight is 488 g/mol. The van der Waals surface area contributed by atoms with E-state index in [0.717, 1.165) is 36.5 Å². The van der Waals surface area contributed by atoms with E-state index in [1.807, 2.05) is 0 Å². The lowest BCUT2D eigenvalue weighted by Gasteiger charge is -2.57. The third-order valence-corrected chi connectivity index (χ3v) is 9.89. The fourth-order valence-electron chi connectivity index (χ4n) is 8.19. The van der Waals surface area contributed by atoms with Crippen molar-refractivity contribution >= 4 is 5.57 Å². The first-order chi connectivity index (χ1) is 17.2. The number of hydrogen-bond donors (Lipinski definition) is 0. The molecule has 0 aromatic heterocycles. The summed E-state index contributed by atoms with van der Waals surface area (Å²) in [6, 6.07) is 9.43. The predicted octanol–water partition coefficient (Wildman–Crippen LogP) is 9.99. The van der Waals surface area contributed by atoms with E-state index in [0.29, 0.717) is 0 Å². The van der Waals surface area contributed by atoms with Crippen molar-refractivity contribution in [2.75, 3.05) is 0 Å². The Morgan fingerprint density at radius 2 is 1.39 bits per heavy atom. The first kappa shape index (κ1) is 27.3. The molecular formula is C35H53N. The van der Waals surface area contributed by atoms with Gasteiger partial charge < -0.3 is 4.90 Å². The molecule has 4 rings (SSSR count). The Morgan fingerprint density at radius 3 is 1.92 bits per heavy atom. The minimum atomic E-state index is 0.255. The van der Waals surface area contributed by atoms with Crippen molar-refractivity contribution in [3.05, 3.63) is 65.9 Å². The van der Waals surface area contributed by atoms with Gasteiger partial charge in [-0.05, 0) is 159 Å². The van der Waals surface area contributed by atoms with Gasteiger partial charge in [0.15, 0.2) is 0 Å². The van der Waals surface area contributed by atoms with Crippen molar-refractivity contribution in [2.24, 2.45) is 23.7 Å². The summed E-state index contributed by atoms with van der Waals surface area (Å²) in [6.45, 7) is 14.1. The molecule has 0 N–H and O–H groups in total. The predicted molar refractivity (Wildman–Crippen MR) is 158 cm³/mol. The minimum Gasteiger partial charge on any atom is -0.368 e. The first-order valence-electron chi connectivity index (χ1n) is 15.1. The fraction of sp³-hybridized carbons (Fsp3) is 0.657. The van der Waals surface area contributed by atoms with Gasteiger partial charge in [0, 0.05) is 11.1 Å². The molecule has 1 atom stereocenters. The van der Waals surface area contributed by atoms with Gasteiger partial charge in [-0.3, -0.25) is 0 Å². The van der Waals surface area contributed by atoms with Gasteiger partial charge in [0.1, 0.15) is 0 Å². The number of hydrogen-bond acceptors (Lipinski definition) is 1. The quantitative estimate of drug-likeness (QED) is 0.346. The zero-order chi connectivity index (χ0) is 25.8. The number of benzene rings is 1. The van der Waals surface area contributed by atoms with E-state index in [9.17, 15) is 0 Å². The van der Waals surface area contributed by atoms with E-state index in [1.54, 1.807) is 5.57 Å². The van der Waals surface area contributed by atoms with Crippen LogP contribution in [0.3, 0.4) is 0 Å². The molecule has 1 saturated heterocycles. The topological polar surface area (TPSA) is 3.24 Å². The van der Waals surface area contributed by atoms with Gasteiger partial charge in [-0.25, -0.2) is 0 Å². The molecule has 1 heterocycles. The summed E-state index contributed by atoms with van der Waals surface area (Å²) < 4.78 is 0.